The first-order valence-electron chi connectivity index (χ1n) is 10.0. The minimum atomic E-state index is -0.754. The Morgan fingerprint density at radius 3 is 2.39 bits per heavy atom. The summed E-state index contributed by atoms with van der Waals surface area (Å²) in [5, 5.41) is 34.7. The summed E-state index contributed by atoms with van der Waals surface area (Å²) in [5.74, 6) is -0.397. The van der Waals surface area contributed by atoms with E-state index in [1.807, 2.05) is 35.2 Å². The van der Waals surface area contributed by atoms with Crippen LogP contribution in [0.25, 0.3) is 0 Å². The number of aliphatic hydroxyl groups is 1. The number of para-hydroxylation sites is 1. The Balaban J connectivity index is 1.62. The third kappa shape index (κ3) is 4.47. The molecule has 4 rings (SSSR count). The van der Waals surface area contributed by atoms with Gasteiger partial charge in [0, 0.05) is 17.3 Å². The third-order valence-electron chi connectivity index (χ3n) is 5.56. The fraction of sp³-hybridized carbons (Fsp3) is 0.208. The van der Waals surface area contributed by atoms with Crippen LogP contribution in [0.2, 0.25) is 0 Å². The fourth-order valence-electron chi connectivity index (χ4n) is 4.04. The van der Waals surface area contributed by atoms with E-state index in [2.05, 4.69) is 5.32 Å². The van der Waals surface area contributed by atoms with Crippen molar-refractivity contribution in [2.45, 2.75) is 31.0 Å². The Morgan fingerprint density at radius 2 is 1.71 bits per heavy atom. The third-order valence-corrected chi connectivity index (χ3v) is 5.87. The molecule has 3 aromatic carbocycles. The molecule has 0 aliphatic carbocycles. The second-order valence-electron chi connectivity index (χ2n) is 7.59. The maximum Gasteiger partial charge on any atom is 0.174 e. The molecule has 1 heterocycles. The Labute approximate surface area is 185 Å². The van der Waals surface area contributed by atoms with E-state index in [0.29, 0.717) is 29.1 Å². The number of hydrogen-bond donors (Lipinski definition) is 4. The molecule has 0 bridgehead atoms. The van der Waals surface area contributed by atoms with Crippen LogP contribution >= 0.6 is 12.2 Å². The van der Waals surface area contributed by atoms with Gasteiger partial charge in [0.15, 0.2) is 5.11 Å². The Bertz CT molecular complexity index is 1060. The van der Waals surface area contributed by atoms with Gasteiger partial charge in [-0.3, -0.25) is 0 Å². The molecule has 7 heteroatoms. The maximum atomic E-state index is 13.2. The van der Waals surface area contributed by atoms with Crippen LogP contribution in [0.1, 0.15) is 36.1 Å². The fourth-order valence-corrected chi connectivity index (χ4v) is 4.41. The average Bonchev–Trinajstić information content (AvgIpc) is 3.09. The molecule has 0 aromatic heterocycles. The quantitative estimate of drug-likeness (QED) is 0.423. The van der Waals surface area contributed by atoms with Crippen molar-refractivity contribution >= 4 is 23.0 Å². The number of nitrogens with zero attached hydrogens (tertiary/aromatic N) is 1. The summed E-state index contributed by atoms with van der Waals surface area (Å²) in [4.78, 5) is 1.94. The highest BCUT2D eigenvalue weighted by Gasteiger charge is 2.40. The molecule has 1 saturated heterocycles. The van der Waals surface area contributed by atoms with Gasteiger partial charge in [-0.25, -0.2) is 4.39 Å². The van der Waals surface area contributed by atoms with E-state index < -0.39 is 6.10 Å². The smallest absolute Gasteiger partial charge is 0.174 e. The summed E-state index contributed by atoms with van der Waals surface area (Å²) in [6, 6.07) is 19.4. The topological polar surface area (TPSA) is 76.0 Å². The number of nitrogens with one attached hydrogen (secondary N) is 1. The molecular weight excluding hydrogens is 415 g/mol. The molecule has 160 valence electrons. The number of aromatic hydroxyl groups is 2. The average molecular weight is 439 g/mol. The van der Waals surface area contributed by atoms with Crippen LogP contribution in [-0.4, -0.2) is 26.5 Å². The summed E-state index contributed by atoms with van der Waals surface area (Å²) in [6.07, 6.45) is 0.215. The van der Waals surface area contributed by atoms with Gasteiger partial charge in [0.2, 0.25) is 0 Å². The number of phenols is 2. The predicted octanol–water partition coefficient (Wildman–Crippen LogP) is 4.56. The zero-order valence-corrected chi connectivity index (χ0v) is 17.5. The first kappa shape index (κ1) is 21.1. The summed E-state index contributed by atoms with van der Waals surface area (Å²) in [5.41, 5.74) is 2.14. The number of benzene rings is 3. The number of halogens is 1. The van der Waals surface area contributed by atoms with E-state index in [4.69, 9.17) is 12.2 Å². The zero-order valence-electron chi connectivity index (χ0n) is 16.6. The van der Waals surface area contributed by atoms with Crippen LogP contribution in [0.3, 0.4) is 0 Å². The molecule has 5 nitrogen and oxygen atoms in total. The van der Waals surface area contributed by atoms with Crippen LogP contribution in [0.5, 0.6) is 11.5 Å². The van der Waals surface area contributed by atoms with Crippen molar-refractivity contribution in [2.75, 3.05) is 4.90 Å². The van der Waals surface area contributed by atoms with E-state index in [1.54, 1.807) is 18.2 Å². The molecule has 0 saturated carbocycles. The molecule has 3 aromatic rings. The van der Waals surface area contributed by atoms with Gasteiger partial charge in [-0.1, -0.05) is 30.3 Å². The van der Waals surface area contributed by atoms with Gasteiger partial charge < -0.3 is 25.5 Å². The van der Waals surface area contributed by atoms with Crippen LogP contribution in [0.15, 0.2) is 72.8 Å². The molecule has 0 amide bonds. The Kier molecular flexibility index (Phi) is 6.06. The predicted molar refractivity (Wildman–Crippen MR) is 122 cm³/mol. The van der Waals surface area contributed by atoms with Crippen molar-refractivity contribution in [3.05, 3.63) is 89.7 Å². The molecule has 1 aliphatic heterocycles. The molecule has 4 N–H and O–H groups in total. The van der Waals surface area contributed by atoms with E-state index in [9.17, 15) is 19.7 Å². The second-order valence-corrected chi connectivity index (χ2v) is 7.98. The molecule has 31 heavy (non-hydrogen) atoms. The van der Waals surface area contributed by atoms with Crippen molar-refractivity contribution in [1.82, 2.24) is 5.32 Å². The van der Waals surface area contributed by atoms with Crippen molar-refractivity contribution in [3.8, 4) is 11.5 Å². The number of thiocarbonyl (C=S) groups is 1. The summed E-state index contributed by atoms with van der Waals surface area (Å²) >= 11 is 5.61. The van der Waals surface area contributed by atoms with Crippen LogP contribution in [0, 0.1) is 5.82 Å². The summed E-state index contributed by atoms with van der Waals surface area (Å²) in [7, 11) is 0. The van der Waals surface area contributed by atoms with Crippen molar-refractivity contribution in [3.63, 3.8) is 0 Å². The van der Waals surface area contributed by atoms with Gasteiger partial charge in [-0.15, -0.1) is 0 Å². The van der Waals surface area contributed by atoms with Crippen LogP contribution in [0.4, 0.5) is 10.1 Å². The highest BCUT2D eigenvalue weighted by molar-refractivity contribution is 7.80. The van der Waals surface area contributed by atoms with Gasteiger partial charge in [0.25, 0.3) is 0 Å². The Morgan fingerprint density at radius 1 is 1.00 bits per heavy atom. The largest absolute Gasteiger partial charge is 0.508 e. The lowest BCUT2D eigenvalue weighted by Crippen LogP contribution is -2.29. The number of hydrogen-bond acceptors (Lipinski definition) is 4. The molecular formula is C24H23FN2O3S. The number of aliphatic hydroxyl groups excluding tert-OH is 1. The first-order chi connectivity index (χ1) is 14.9. The maximum absolute atomic E-state index is 13.2. The van der Waals surface area contributed by atoms with E-state index >= 15 is 0 Å². The minimum absolute atomic E-state index is 0.0238. The van der Waals surface area contributed by atoms with Gasteiger partial charge in [0.05, 0.1) is 18.2 Å². The molecule has 3 atom stereocenters. The Hall–Kier alpha value is -3.16. The molecule has 1 aliphatic rings. The lowest BCUT2D eigenvalue weighted by atomic mass is 9.92. The molecule has 0 radical (unpaired) electrons. The van der Waals surface area contributed by atoms with Crippen molar-refractivity contribution in [2.24, 2.45) is 0 Å². The van der Waals surface area contributed by atoms with Gasteiger partial charge in [-0.2, -0.15) is 0 Å². The van der Waals surface area contributed by atoms with Gasteiger partial charge in [-0.05, 0) is 67.0 Å². The monoisotopic (exact) mass is 438 g/mol. The zero-order chi connectivity index (χ0) is 22.0. The normalized spacial score (nSPS) is 19.3. The summed E-state index contributed by atoms with van der Waals surface area (Å²) < 4.78 is 13.2. The number of rotatable bonds is 6. The van der Waals surface area contributed by atoms with E-state index in [0.717, 1.165) is 5.69 Å². The highest BCUT2D eigenvalue weighted by atomic mass is 32.1. The highest BCUT2D eigenvalue weighted by Crippen LogP contribution is 2.41. The molecule has 0 spiro atoms. The lowest BCUT2D eigenvalue weighted by molar-refractivity contribution is 0.159. The minimum Gasteiger partial charge on any atom is -0.508 e. The summed E-state index contributed by atoms with van der Waals surface area (Å²) in [6.45, 7) is 0. The standard InChI is InChI=1S/C24H23FN2O3S/c25-16-8-6-15(7-9-16)21(29)13-12-20-23(19-11-10-18(28)14-22(19)30)27(24(31)26-20)17-4-2-1-3-5-17/h1-11,14,20-21,23,28-30H,12-13H2,(H,26,31)/t20-,21?,23+/m0/s1. The lowest BCUT2D eigenvalue weighted by Gasteiger charge is -2.29. The van der Waals surface area contributed by atoms with E-state index in [-0.39, 0.29) is 29.4 Å². The van der Waals surface area contributed by atoms with Crippen LogP contribution in [-0.2, 0) is 0 Å². The van der Waals surface area contributed by atoms with Gasteiger partial charge >= 0.3 is 0 Å². The second kappa shape index (κ2) is 8.91. The first-order valence-corrected chi connectivity index (χ1v) is 10.4. The number of anilines is 1. The molecule has 1 unspecified atom stereocenters. The van der Waals surface area contributed by atoms with Crippen molar-refractivity contribution < 1.29 is 19.7 Å². The van der Waals surface area contributed by atoms with Crippen LogP contribution < -0.4 is 10.2 Å². The number of phenolic OH excluding ortho intramolecular Hbond substituents is 2. The van der Waals surface area contributed by atoms with E-state index in [1.165, 1.54) is 24.3 Å². The van der Waals surface area contributed by atoms with Crippen molar-refractivity contribution in [1.29, 1.82) is 0 Å². The SMILES string of the molecule is Oc1ccc([C@@H]2[C@H](CCC(O)c3ccc(F)cc3)NC(=S)N2c2ccccc2)c(O)c1. The van der Waals surface area contributed by atoms with Gasteiger partial charge in [0.1, 0.15) is 17.3 Å². The molecule has 1 fully saturated rings.